The van der Waals surface area contributed by atoms with E-state index in [1.54, 1.807) is 19.1 Å². The van der Waals surface area contributed by atoms with E-state index >= 15 is 0 Å². The maximum atomic E-state index is 11.6. The van der Waals surface area contributed by atoms with Gasteiger partial charge in [-0.1, -0.05) is 12.1 Å². The minimum Gasteiger partial charge on any atom is -0.481 e. The van der Waals surface area contributed by atoms with Crippen LogP contribution in [0.5, 0.6) is 0 Å². The minimum atomic E-state index is -0.873. The molecule has 2 N–H and O–H groups in total. The second kappa shape index (κ2) is 7.98. The fraction of sp³-hybridized carbons (Fsp3) is 0.429. The molecule has 0 saturated carbocycles. The number of nitrogens with one attached hydrogen (secondary N) is 1. The van der Waals surface area contributed by atoms with Crippen molar-refractivity contribution in [3.05, 3.63) is 39.4 Å². The van der Waals surface area contributed by atoms with Gasteiger partial charge < -0.3 is 10.4 Å². The molecule has 0 bridgehead atoms. The first-order valence-corrected chi connectivity index (χ1v) is 6.63. The lowest BCUT2D eigenvalue weighted by Gasteiger charge is -2.08. The summed E-state index contributed by atoms with van der Waals surface area (Å²) in [6.45, 7) is 1.87. The summed E-state index contributed by atoms with van der Waals surface area (Å²) in [4.78, 5) is 32.3. The molecule has 0 spiro atoms. The van der Waals surface area contributed by atoms with E-state index in [-0.39, 0.29) is 31.0 Å². The van der Waals surface area contributed by atoms with Crippen LogP contribution in [0.1, 0.15) is 36.8 Å². The molecule has 7 heteroatoms. The van der Waals surface area contributed by atoms with Gasteiger partial charge in [0.25, 0.3) is 5.69 Å². The number of unbranched alkanes of at least 4 members (excludes halogenated alkanes) is 1. The van der Waals surface area contributed by atoms with E-state index in [1.807, 2.05) is 0 Å². The Balaban J connectivity index is 2.45. The van der Waals surface area contributed by atoms with E-state index in [4.69, 9.17) is 5.11 Å². The molecule has 0 atom stereocenters. The SMILES string of the molecule is Cc1c(CNC(=O)CCCCC(=O)O)cccc1[N+](=O)[O-]. The lowest BCUT2D eigenvalue weighted by Crippen LogP contribution is -2.23. The molecule has 114 valence electrons. The van der Waals surface area contributed by atoms with E-state index in [9.17, 15) is 19.7 Å². The highest BCUT2D eigenvalue weighted by atomic mass is 16.6. The first-order chi connectivity index (χ1) is 9.91. The highest BCUT2D eigenvalue weighted by molar-refractivity contribution is 5.76. The van der Waals surface area contributed by atoms with E-state index in [2.05, 4.69) is 5.32 Å². The van der Waals surface area contributed by atoms with E-state index in [0.717, 1.165) is 0 Å². The summed E-state index contributed by atoms with van der Waals surface area (Å²) in [6.07, 6.45) is 1.27. The van der Waals surface area contributed by atoms with Crippen molar-refractivity contribution >= 4 is 17.6 Å². The van der Waals surface area contributed by atoms with Crippen LogP contribution in [0.25, 0.3) is 0 Å². The van der Waals surface area contributed by atoms with Crippen LogP contribution in [0, 0.1) is 17.0 Å². The third kappa shape index (κ3) is 5.60. The Labute approximate surface area is 122 Å². The van der Waals surface area contributed by atoms with Gasteiger partial charge >= 0.3 is 5.97 Å². The van der Waals surface area contributed by atoms with Gasteiger partial charge in [-0.15, -0.1) is 0 Å². The fourth-order valence-corrected chi connectivity index (χ4v) is 1.90. The first kappa shape index (κ1) is 16.6. The number of carbonyl (C=O) groups is 2. The van der Waals surface area contributed by atoms with Gasteiger partial charge in [0.1, 0.15) is 0 Å². The van der Waals surface area contributed by atoms with Crippen molar-refractivity contribution in [1.29, 1.82) is 0 Å². The fourth-order valence-electron chi connectivity index (χ4n) is 1.90. The Hall–Kier alpha value is -2.44. The van der Waals surface area contributed by atoms with Gasteiger partial charge in [0.15, 0.2) is 0 Å². The Morgan fingerprint density at radius 1 is 1.29 bits per heavy atom. The Bertz CT molecular complexity index is 542. The maximum Gasteiger partial charge on any atom is 0.303 e. The summed E-state index contributed by atoms with van der Waals surface area (Å²) in [5.74, 6) is -1.06. The molecule has 7 nitrogen and oxygen atoms in total. The molecule has 0 aliphatic heterocycles. The molecule has 0 aliphatic rings. The zero-order valence-corrected chi connectivity index (χ0v) is 11.8. The highest BCUT2D eigenvalue weighted by Crippen LogP contribution is 2.20. The number of nitrogens with zero attached hydrogens (tertiary/aromatic N) is 1. The molecule has 0 saturated heterocycles. The first-order valence-electron chi connectivity index (χ1n) is 6.63. The van der Waals surface area contributed by atoms with Crippen LogP contribution < -0.4 is 5.32 Å². The average Bonchev–Trinajstić information content (AvgIpc) is 2.42. The van der Waals surface area contributed by atoms with Crippen molar-refractivity contribution in [3.63, 3.8) is 0 Å². The lowest BCUT2D eigenvalue weighted by molar-refractivity contribution is -0.385. The molecule has 0 radical (unpaired) electrons. The summed E-state index contributed by atoms with van der Waals surface area (Å²) < 4.78 is 0. The molecule has 1 aromatic rings. The van der Waals surface area contributed by atoms with Crippen LogP contribution in [-0.2, 0) is 16.1 Å². The van der Waals surface area contributed by atoms with Crippen molar-refractivity contribution in [2.24, 2.45) is 0 Å². The van der Waals surface area contributed by atoms with E-state index in [0.29, 0.717) is 24.0 Å². The molecule has 1 rings (SSSR count). The number of nitro groups is 1. The summed E-state index contributed by atoms with van der Waals surface area (Å²) in [5.41, 5.74) is 1.26. The monoisotopic (exact) mass is 294 g/mol. The lowest BCUT2D eigenvalue weighted by atomic mass is 10.1. The summed E-state index contributed by atoms with van der Waals surface area (Å²) in [7, 11) is 0. The van der Waals surface area contributed by atoms with Crippen LogP contribution in [0.15, 0.2) is 18.2 Å². The zero-order valence-electron chi connectivity index (χ0n) is 11.8. The average molecular weight is 294 g/mol. The smallest absolute Gasteiger partial charge is 0.303 e. The van der Waals surface area contributed by atoms with Gasteiger partial charge in [-0.05, 0) is 25.3 Å². The van der Waals surface area contributed by atoms with Gasteiger partial charge in [-0.25, -0.2) is 0 Å². The maximum absolute atomic E-state index is 11.6. The predicted molar refractivity (Wildman–Crippen MR) is 75.8 cm³/mol. The van der Waals surface area contributed by atoms with Crippen molar-refractivity contribution < 1.29 is 19.6 Å². The van der Waals surface area contributed by atoms with Crippen LogP contribution >= 0.6 is 0 Å². The van der Waals surface area contributed by atoms with Crippen LogP contribution in [0.2, 0.25) is 0 Å². The molecule has 0 aromatic heterocycles. The van der Waals surface area contributed by atoms with E-state index in [1.165, 1.54) is 6.07 Å². The number of hydrogen-bond donors (Lipinski definition) is 2. The number of nitro benzene ring substituents is 1. The van der Waals surface area contributed by atoms with Crippen LogP contribution in [-0.4, -0.2) is 21.9 Å². The van der Waals surface area contributed by atoms with Gasteiger partial charge in [-0.2, -0.15) is 0 Å². The number of hydrogen-bond acceptors (Lipinski definition) is 4. The summed E-state index contributed by atoms with van der Waals surface area (Å²) in [5, 5.41) is 22.0. The summed E-state index contributed by atoms with van der Waals surface area (Å²) >= 11 is 0. The summed E-state index contributed by atoms with van der Waals surface area (Å²) in [6, 6.07) is 4.74. The third-order valence-electron chi connectivity index (χ3n) is 3.13. The predicted octanol–water partition coefficient (Wildman–Crippen LogP) is 2.16. The van der Waals surface area contributed by atoms with Gasteiger partial charge in [-0.3, -0.25) is 19.7 Å². The Kier molecular flexibility index (Phi) is 6.32. The number of carboxylic acid groups (broad SMARTS) is 1. The molecule has 0 heterocycles. The van der Waals surface area contributed by atoms with Crippen LogP contribution in [0.3, 0.4) is 0 Å². The number of aliphatic carboxylic acids is 1. The van der Waals surface area contributed by atoms with Crippen molar-refractivity contribution in [2.75, 3.05) is 0 Å². The molecular weight excluding hydrogens is 276 g/mol. The quantitative estimate of drug-likeness (QED) is 0.434. The molecule has 0 fully saturated rings. The van der Waals surface area contributed by atoms with Gasteiger partial charge in [0.05, 0.1) is 4.92 Å². The van der Waals surface area contributed by atoms with Gasteiger partial charge in [0.2, 0.25) is 5.91 Å². The zero-order chi connectivity index (χ0) is 15.8. The minimum absolute atomic E-state index is 0.0307. The normalized spacial score (nSPS) is 10.1. The third-order valence-corrected chi connectivity index (χ3v) is 3.13. The number of rotatable bonds is 8. The van der Waals surface area contributed by atoms with Gasteiger partial charge in [0, 0.05) is 31.0 Å². The topological polar surface area (TPSA) is 110 Å². The van der Waals surface area contributed by atoms with Crippen LogP contribution in [0.4, 0.5) is 5.69 Å². The largest absolute Gasteiger partial charge is 0.481 e. The van der Waals surface area contributed by atoms with Crippen molar-refractivity contribution in [2.45, 2.75) is 39.2 Å². The molecule has 1 aromatic carbocycles. The second-order valence-electron chi connectivity index (χ2n) is 4.70. The number of amides is 1. The Morgan fingerprint density at radius 3 is 2.57 bits per heavy atom. The molecule has 0 unspecified atom stereocenters. The van der Waals surface area contributed by atoms with Crippen molar-refractivity contribution in [3.8, 4) is 0 Å². The highest BCUT2D eigenvalue weighted by Gasteiger charge is 2.13. The Morgan fingerprint density at radius 2 is 1.95 bits per heavy atom. The van der Waals surface area contributed by atoms with E-state index < -0.39 is 10.9 Å². The standard InChI is InChI=1S/C14H18N2O5/c1-10-11(5-4-6-12(10)16(20)21)9-15-13(17)7-2-3-8-14(18)19/h4-6H,2-3,7-9H2,1H3,(H,15,17)(H,18,19). The molecule has 21 heavy (non-hydrogen) atoms. The molecule has 1 amide bonds. The number of carbonyl (C=O) groups excluding carboxylic acids is 1. The molecule has 0 aliphatic carbocycles. The second-order valence-corrected chi connectivity index (χ2v) is 4.70. The molecular formula is C14H18N2O5. The number of carboxylic acids is 1. The number of benzene rings is 1. The van der Waals surface area contributed by atoms with Crippen molar-refractivity contribution in [1.82, 2.24) is 5.32 Å².